The maximum absolute atomic E-state index is 12.0. The van der Waals surface area contributed by atoms with Crippen molar-refractivity contribution in [3.8, 4) is 0 Å². The van der Waals surface area contributed by atoms with E-state index < -0.39 is 29.1 Å². The number of aryl methyl sites for hydroxylation is 2. The molecule has 2 aromatic rings. The lowest BCUT2D eigenvalue weighted by Crippen LogP contribution is -2.31. The number of nitrogens with zero attached hydrogens (tertiary/aromatic N) is 1. The summed E-state index contributed by atoms with van der Waals surface area (Å²) >= 11 is 5.70. The van der Waals surface area contributed by atoms with Crippen molar-refractivity contribution in [1.29, 1.82) is 0 Å². The molecule has 0 spiro atoms. The molecule has 0 aliphatic carbocycles. The SMILES string of the molecule is Cc1ccc([C@H](C)NC(=O)COC(=O)c2ccc(Cl)c([N+](=O)[O-])c2)cc1C. The van der Waals surface area contributed by atoms with Gasteiger partial charge in [-0.2, -0.15) is 0 Å². The minimum Gasteiger partial charge on any atom is -0.452 e. The van der Waals surface area contributed by atoms with Crippen molar-refractivity contribution in [3.05, 3.63) is 73.8 Å². The first-order valence-corrected chi connectivity index (χ1v) is 8.54. The average molecular weight is 391 g/mol. The molecule has 0 radical (unpaired) electrons. The molecule has 0 saturated carbocycles. The maximum Gasteiger partial charge on any atom is 0.338 e. The van der Waals surface area contributed by atoms with Gasteiger partial charge >= 0.3 is 5.97 Å². The molecule has 0 unspecified atom stereocenters. The molecule has 0 bridgehead atoms. The van der Waals surface area contributed by atoms with Crippen molar-refractivity contribution >= 4 is 29.2 Å². The van der Waals surface area contributed by atoms with E-state index in [0.717, 1.165) is 22.8 Å². The molecule has 0 heterocycles. The summed E-state index contributed by atoms with van der Waals surface area (Å²) in [7, 11) is 0. The fourth-order valence-electron chi connectivity index (χ4n) is 2.39. The third-order valence-electron chi connectivity index (χ3n) is 4.12. The molecule has 8 heteroatoms. The van der Waals surface area contributed by atoms with E-state index in [1.807, 2.05) is 39.0 Å². The Hall–Kier alpha value is -2.93. The lowest BCUT2D eigenvalue weighted by molar-refractivity contribution is -0.384. The number of nitro groups is 1. The fourth-order valence-corrected chi connectivity index (χ4v) is 2.58. The lowest BCUT2D eigenvalue weighted by Gasteiger charge is -2.15. The minimum atomic E-state index is -0.844. The van der Waals surface area contributed by atoms with Crippen molar-refractivity contribution in [3.63, 3.8) is 0 Å². The Bertz CT molecular complexity index is 898. The fraction of sp³-hybridized carbons (Fsp3) is 0.263. The maximum atomic E-state index is 12.0. The first-order chi connectivity index (χ1) is 12.7. The Kier molecular flexibility index (Phi) is 6.52. The van der Waals surface area contributed by atoms with E-state index in [0.29, 0.717) is 0 Å². The Labute approximate surface area is 161 Å². The molecule has 0 fully saturated rings. The molecule has 0 saturated heterocycles. The van der Waals surface area contributed by atoms with Crippen molar-refractivity contribution < 1.29 is 19.2 Å². The zero-order valence-corrected chi connectivity index (χ0v) is 15.9. The number of carbonyl (C=O) groups is 2. The van der Waals surface area contributed by atoms with Crippen molar-refractivity contribution in [2.24, 2.45) is 0 Å². The molecular weight excluding hydrogens is 372 g/mol. The van der Waals surface area contributed by atoms with E-state index in [1.165, 1.54) is 12.1 Å². The quantitative estimate of drug-likeness (QED) is 0.458. The summed E-state index contributed by atoms with van der Waals surface area (Å²) < 4.78 is 4.93. The van der Waals surface area contributed by atoms with Gasteiger partial charge in [-0.3, -0.25) is 14.9 Å². The number of rotatable bonds is 6. The Morgan fingerprint density at radius 2 is 1.89 bits per heavy atom. The van der Waals surface area contributed by atoms with Crippen LogP contribution in [0.2, 0.25) is 5.02 Å². The second kappa shape index (κ2) is 8.64. The Balaban J connectivity index is 1.94. The first-order valence-electron chi connectivity index (χ1n) is 8.16. The van der Waals surface area contributed by atoms with Crippen LogP contribution in [-0.4, -0.2) is 23.4 Å². The molecular formula is C19H19ClN2O5. The standard InChI is InChI=1S/C19H19ClN2O5/c1-11-4-5-14(8-12(11)2)13(3)21-18(23)10-27-19(24)15-6-7-16(20)17(9-15)22(25)26/h4-9,13H,10H2,1-3H3,(H,21,23)/t13-/m0/s1. The van der Waals surface area contributed by atoms with E-state index >= 15 is 0 Å². The van der Waals surface area contributed by atoms with Gasteiger partial charge in [0.25, 0.3) is 11.6 Å². The molecule has 2 rings (SSSR count). The van der Waals surface area contributed by atoms with E-state index in [1.54, 1.807) is 0 Å². The number of hydrogen-bond donors (Lipinski definition) is 1. The van der Waals surface area contributed by atoms with Crippen LogP contribution in [-0.2, 0) is 9.53 Å². The average Bonchev–Trinajstić information content (AvgIpc) is 2.62. The van der Waals surface area contributed by atoms with E-state index in [4.69, 9.17) is 16.3 Å². The van der Waals surface area contributed by atoms with Crippen LogP contribution in [0.15, 0.2) is 36.4 Å². The van der Waals surface area contributed by atoms with Crippen LogP contribution >= 0.6 is 11.6 Å². The third kappa shape index (κ3) is 5.27. The molecule has 0 aliphatic heterocycles. The lowest BCUT2D eigenvalue weighted by atomic mass is 10.0. The molecule has 0 aliphatic rings. The number of nitrogens with one attached hydrogen (secondary N) is 1. The van der Waals surface area contributed by atoms with Crippen LogP contribution in [0.4, 0.5) is 5.69 Å². The monoisotopic (exact) mass is 390 g/mol. The van der Waals surface area contributed by atoms with E-state index in [2.05, 4.69) is 5.32 Å². The molecule has 2 aromatic carbocycles. The number of carbonyl (C=O) groups excluding carboxylic acids is 2. The van der Waals surface area contributed by atoms with Crippen LogP contribution < -0.4 is 5.32 Å². The summed E-state index contributed by atoms with van der Waals surface area (Å²) in [6.07, 6.45) is 0. The van der Waals surface area contributed by atoms with E-state index in [9.17, 15) is 19.7 Å². The molecule has 0 aromatic heterocycles. The number of ether oxygens (including phenoxy) is 1. The highest BCUT2D eigenvalue weighted by molar-refractivity contribution is 6.32. The first kappa shape index (κ1) is 20.4. The smallest absolute Gasteiger partial charge is 0.338 e. The highest BCUT2D eigenvalue weighted by Gasteiger charge is 2.18. The number of hydrogen-bond acceptors (Lipinski definition) is 5. The number of esters is 1. The van der Waals surface area contributed by atoms with Gasteiger partial charge in [-0.25, -0.2) is 4.79 Å². The molecule has 27 heavy (non-hydrogen) atoms. The van der Waals surface area contributed by atoms with Gasteiger partial charge in [0.05, 0.1) is 16.5 Å². The normalized spacial score (nSPS) is 11.6. The molecule has 142 valence electrons. The van der Waals surface area contributed by atoms with Crippen LogP contribution in [0.1, 0.15) is 40.0 Å². The number of benzene rings is 2. The topological polar surface area (TPSA) is 98.5 Å². The summed E-state index contributed by atoms with van der Waals surface area (Å²) in [5.41, 5.74) is 2.75. The van der Waals surface area contributed by atoms with Gasteiger partial charge in [-0.05, 0) is 49.6 Å². The second-order valence-corrected chi connectivity index (χ2v) is 6.54. The van der Waals surface area contributed by atoms with Crippen LogP contribution in [0.5, 0.6) is 0 Å². The van der Waals surface area contributed by atoms with Crippen molar-refractivity contribution in [2.45, 2.75) is 26.8 Å². The highest BCUT2D eigenvalue weighted by Crippen LogP contribution is 2.25. The molecule has 7 nitrogen and oxygen atoms in total. The van der Waals surface area contributed by atoms with Crippen molar-refractivity contribution in [2.75, 3.05) is 6.61 Å². The molecule has 1 atom stereocenters. The minimum absolute atomic E-state index is 0.0545. The van der Waals surface area contributed by atoms with Gasteiger partial charge in [-0.15, -0.1) is 0 Å². The van der Waals surface area contributed by atoms with Gasteiger partial charge in [0.15, 0.2) is 6.61 Å². The summed E-state index contributed by atoms with van der Waals surface area (Å²) in [5.74, 6) is -1.32. The third-order valence-corrected chi connectivity index (χ3v) is 4.44. The summed E-state index contributed by atoms with van der Waals surface area (Å²) in [6.45, 7) is 5.32. The predicted molar refractivity (Wildman–Crippen MR) is 101 cm³/mol. The predicted octanol–water partition coefficient (Wildman–Crippen LogP) is 3.90. The number of nitro benzene ring substituents is 1. The number of halogens is 1. The summed E-state index contributed by atoms with van der Waals surface area (Å²) in [5, 5.41) is 13.5. The zero-order valence-electron chi connectivity index (χ0n) is 15.1. The van der Waals surface area contributed by atoms with Gasteiger partial charge < -0.3 is 10.1 Å². The molecule has 1 N–H and O–H groups in total. The Morgan fingerprint density at radius 3 is 2.52 bits per heavy atom. The Morgan fingerprint density at radius 1 is 1.19 bits per heavy atom. The van der Waals surface area contributed by atoms with Gasteiger partial charge in [0.2, 0.25) is 0 Å². The van der Waals surface area contributed by atoms with Gasteiger partial charge in [0.1, 0.15) is 5.02 Å². The summed E-state index contributed by atoms with van der Waals surface area (Å²) in [6, 6.07) is 9.17. The molecule has 1 amide bonds. The van der Waals surface area contributed by atoms with Crippen molar-refractivity contribution in [1.82, 2.24) is 5.32 Å². The number of amides is 1. The van der Waals surface area contributed by atoms with Gasteiger partial charge in [0, 0.05) is 6.07 Å². The van der Waals surface area contributed by atoms with Crippen LogP contribution in [0.25, 0.3) is 0 Å². The van der Waals surface area contributed by atoms with Crippen LogP contribution in [0, 0.1) is 24.0 Å². The van der Waals surface area contributed by atoms with Crippen LogP contribution in [0.3, 0.4) is 0 Å². The van der Waals surface area contributed by atoms with Gasteiger partial charge in [-0.1, -0.05) is 29.8 Å². The highest BCUT2D eigenvalue weighted by atomic mass is 35.5. The second-order valence-electron chi connectivity index (χ2n) is 6.13. The summed E-state index contributed by atoms with van der Waals surface area (Å²) in [4.78, 5) is 34.2. The van der Waals surface area contributed by atoms with E-state index in [-0.39, 0.29) is 16.6 Å². The largest absolute Gasteiger partial charge is 0.452 e. The zero-order chi connectivity index (χ0) is 20.1.